The van der Waals surface area contributed by atoms with E-state index in [4.69, 9.17) is 18.4 Å². The molecule has 3 aromatic heterocycles. The maximum atomic E-state index is 5.76. The smallest absolute Gasteiger partial charge is 0.277 e. The molecule has 0 amide bonds. The summed E-state index contributed by atoms with van der Waals surface area (Å²) in [5.41, 5.74) is 0.768. The van der Waals surface area contributed by atoms with Crippen molar-refractivity contribution in [2.75, 3.05) is 6.79 Å². The van der Waals surface area contributed by atoms with Gasteiger partial charge in [0.2, 0.25) is 24.4 Å². The first-order valence-electron chi connectivity index (χ1n) is 8.04. The molecule has 136 valence electrons. The van der Waals surface area contributed by atoms with E-state index in [0.29, 0.717) is 34.3 Å². The van der Waals surface area contributed by atoms with Crippen molar-refractivity contribution in [1.82, 2.24) is 20.3 Å². The van der Waals surface area contributed by atoms with Crippen LogP contribution >= 0.6 is 23.1 Å². The third kappa shape index (κ3) is 3.17. The van der Waals surface area contributed by atoms with Crippen LogP contribution in [0.5, 0.6) is 11.5 Å². The van der Waals surface area contributed by atoms with Crippen LogP contribution in [-0.4, -0.2) is 27.1 Å². The van der Waals surface area contributed by atoms with E-state index in [1.807, 2.05) is 42.6 Å². The van der Waals surface area contributed by atoms with Gasteiger partial charge in [0.15, 0.2) is 11.5 Å². The predicted octanol–water partition coefficient (Wildman–Crippen LogP) is 4.43. The first-order chi connectivity index (χ1) is 13.3. The number of thioether (sulfide) groups is 1. The van der Waals surface area contributed by atoms with E-state index in [2.05, 4.69) is 20.3 Å². The molecule has 0 aliphatic carbocycles. The quantitative estimate of drug-likeness (QED) is 0.451. The van der Waals surface area contributed by atoms with Gasteiger partial charge < -0.3 is 18.4 Å². The molecule has 0 bridgehead atoms. The zero-order valence-electron chi connectivity index (χ0n) is 14.0. The van der Waals surface area contributed by atoms with Crippen molar-refractivity contribution in [3.05, 3.63) is 41.6 Å². The number of thiophene rings is 1. The van der Waals surface area contributed by atoms with Gasteiger partial charge in [-0.1, -0.05) is 23.0 Å². The Bertz CT molecular complexity index is 1080. The third-order valence-electron chi connectivity index (χ3n) is 3.83. The first kappa shape index (κ1) is 16.3. The lowest BCUT2D eigenvalue weighted by Gasteiger charge is -2.01. The van der Waals surface area contributed by atoms with Crippen molar-refractivity contribution in [1.29, 1.82) is 0 Å². The Balaban J connectivity index is 1.32. The van der Waals surface area contributed by atoms with E-state index in [9.17, 15) is 0 Å². The van der Waals surface area contributed by atoms with E-state index in [1.54, 1.807) is 11.3 Å². The van der Waals surface area contributed by atoms with E-state index in [0.717, 1.165) is 10.4 Å². The van der Waals surface area contributed by atoms with Crippen molar-refractivity contribution < 1.29 is 18.4 Å². The van der Waals surface area contributed by atoms with E-state index in [-0.39, 0.29) is 12.0 Å². The van der Waals surface area contributed by atoms with Crippen molar-refractivity contribution in [2.24, 2.45) is 0 Å². The molecular formula is C17H12N4O4S2. The van der Waals surface area contributed by atoms with Crippen LogP contribution < -0.4 is 9.47 Å². The van der Waals surface area contributed by atoms with Crippen LogP contribution in [0.1, 0.15) is 18.1 Å². The molecule has 1 atom stereocenters. The minimum Gasteiger partial charge on any atom is -0.454 e. The van der Waals surface area contributed by atoms with Gasteiger partial charge in [-0.05, 0) is 36.6 Å². The maximum absolute atomic E-state index is 5.76. The molecule has 1 unspecified atom stereocenters. The summed E-state index contributed by atoms with van der Waals surface area (Å²) in [6.07, 6.45) is 0. The average molecular weight is 400 g/mol. The average Bonchev–Trinajstić information content (AvgIpc) is 3.47. The van der Waals surface area contributed by atoms with Gasteiger partial charge in [0.05, 0.1) is 10.1 Å². The Labute approximate surface area is 161 Å². The Morgan fingerprint density at radius 2 is 2.07 bits per heavy atom. The van der Waals surface area contributed by atoms with Gasteiger partial charge in [-0.2, -0.15) is 4.98 Å². The van der Waals surface area contributed by atoms with Gasteiger partial charge in [-0.15, -0.1) is 21.5 Å². The van der Waals surface area contributed by atoms with Gasteiger partial charge in [0.25, 0.3) is 5.22 Å². The molecule has 1 aliphatic rings. The van der Waals surface area contributed by atoms with Crippen LogP contribution in [0.2, 0.25) is 0 Å². The Kier molecular flexibility index (Phi) is 4.06. The molecule has 0 spiro atoms. The minimum atomic E-state index is -0.128. The summed E-state index contributed by atoms with van der Waals surface area (Å²) in [5, 5.41) is 14.5. The van der Waals surface area contributed by atoms with Gasteiger partial charge in [-0.25, -0.2) is 0 Å². The lowest BCUT2D eigenvalue weighted by molar-refractivity contribution is 0.174. The normalized spacial score (nSPS) is 13.8. The van der Waals surface area contributed by atoms with Crippen molar-refractivity contribution in [2.45, 2.75) is 17.4 Å². The summed E-state index contributed by atoms with van der Waals surface area (Å²) in [6, 6.07) is 9.39. The topological polar surface area (TPSA) is 96.3 Å². The highest BCUT2D eigenvalue weighted by Gasteiger charge is 2.21. The molecule has 0 saturated heterocycles. The Hall–Kier alpha value is -2.85. The fourth-order valence-corrected chi connectivity index (χ4v) is 3.87. The largest absolute Gasteiger partial charge is 0.454 e. The van der Waals surface area contributed by atoms with Crippen LogP contribution in [0, 0.1) is 0 Å². The Morgan fingerprint density at radius 3 is 2.96 bits per heavy atom. The number of ether oxygens (including phenoxy) is 2. The predicted molar refractivity (Wildman–Crippen MR) is 97.7 cm³/mol. The SMILES string of the molecule is CC(Sc1nnc(-c2ccc3c(c2)OCO3)o1)c1nc(-c2cccs2)no1. The summed E-state index contributed by atoms with van der Waals surface area (Å²) in [7, 11) is 0. The highest BCUT2D eigenvalue weighted by Crippen LogP contribution is 2.38. The maximum Gasteiger partial charge on any atom is 0.277 e. The van der Waals surface area contributed by atoms with Crippen LogP contribution in [0.15, 0.2) is 49.9 Å². The molecule has 4 aromatic rings. The molecular weight excluding hydrogens is 388 g/mol. The molecule has 4 heterocycles. The third-order valence-corrected chi connectivity index (χ3v) is 5.62. The molecule has 0 fully saturated rings. The van der Waals surface area contributed by atoms with Crippen LogP contribution in [-0.2, 0) is 0 Å². The summed E-state index contributed by atoms with van der Waals surface area (Å²) in [5.74, 6) is 2.87. The highest BCUT2D eigenvalue weighted by molar-refractivity contribution is 7.99. The second-order valence-corrected chi connectivity index (χ2v) is 7.87. The van der Waals surface area contributed by atoms with Crippen LogP contribution in [0.4, 0.5) is 0 Å². The Morgan fingerprint density at radius 1 is 1.15 bits per heavy atom. The zero-order valence-corrected chi connectivity index (χ0v) is 15.6. The molecule has 0 N–H and O–H groups in total. The van der Waals surface area contributed by atoms with Crippen molar-refractivity contribution in [3.8, 4) is 33.7 Å². The fraction of sp³-hybridized carbons (Fsp3) is 0.176. The fourth-order valence-electron chi connectivity index (χ4n) is 2.51. The number of fused-ring (bicyclic) bond motifs is 1. The number of hydrogen-bond acceptors (Lipinski definition) is 10. The molecule has 27 heavy (non-hydrogen) atoms. The van der Waals surface area contributed by atoms with Gasteiger partial charge in [-0.3, -0.25) is 0 Å². The van der Waals surface area contributed by atoms with Crippen molar-refractivity contribution in [3.63, 3.8) is 0 Å². The van der Waals surface area contributed by atoms with Crippen molar-refractivity contribution >= 4 is 23.1 Å². The highest BCUT2D eigenvalue weighted by atomic mass is 32.2. The van der Waals surface area contributed by atoms with E-state index < -0.39 is 0 Å². The zero-order chi connectivity index (χ0) is 18.2. The molecule has 5 rings (SSSR count). The monoisotopic (exact) mass is 400 g/mol. The summed E-state index contributed by atoms with van der Waals surface area (Å²) >= 11 is 2.92. The molecule has 1 aromatic carbocycles. The van der Waals surface area contributed by atoms with E-state index >= 15 is 0 Å². The van der Waals surface area contributed by atoms with Crippen LogP contribution in [0.25, 0.3) is 22.2 Å². The number of hydrogen-bond donors (Lipinski definition) is 0. The molecule has 0 radical (unpaired) electrons. The second kappa shape index (κ2) is 6.71. The van der Waals surface area contributed by atoms with Gasteiger partial charge in [0, 0.05) is 5.56 Å². The number of aromatic nitrogens is 4. The standard InChI is InChI=1S/C17H12N4O4S2/c1-9(15-18-14(21-25-15)13-3-2-6-26-13)27-17-20-19-16(24-17)10-4-5-11-12(7-10)23-8-22-11/h2-7,9H,8H2,1H3. The number of benzene rings is 1. The summed E-state index contributed by atoms with van der Waals surface area (Å²) in [6.45, 7) is 2.17. The summed E-state index contributed by atoms with van der Waals surface area (Å²) in [4.78, 5) is 5.41. The molecule has 1 aliphatic heterocycles. The first-order valence-corrected chi connectivity index (χ1v) is 9.80. The molecule has 0 saturated carbocycles. The number of rotatable bonds is 5. The second-order valence-electron chi connectivity index (χ2n) is 5.63. The lowest BCUT2D eigenvalue weighted by atomic mass is 10.2. The molecule has 8 nitrogen and oxygen atoms in total. The van der Waals surface area contributed by atoms with Crippen LogP contribution in [0.3, 0.4) is 0 Å². The molecule has 10 heteroatoms. The van der Waals surface area contributed by atoms with Gasteiger partial charge >= 0.3 is 0 Å². The van der Waals surface area contributed by atoms with E-state index in [1.165, 1.54) is 11.8 Å². The van der Waals surface area contributed by atoms with Gasteiger partial charge in [0.1, 0.15) is 0 Å². The minimum absolute atomic E-state index is 0.128. The number of nitrogens with zero attached hydrogens (tertiary/aromatic N) is 4. The summed E-state index contributed by atoms with van der Waals surface area (Å²) < 4.78 is 21.8. The lowest BCUT2D eigenvalue weighted by Crippen LogP contribution is -1.92.